The van der Waals surface area contributed by atoms with Crippen molar-refractivity contribution in [2.75, 3.05) is 13.2 Å². The molecule has 1 aliphatic rings. The second-order valence-electron chi connectivity index (χ2n) is 5.12. The Morgan fingerprint density at radius 3 is 2.67 bits per heavy atom. The molecule has 100 valence electrons. The summed E-state index contributed by atoms with van der Waals surface area (Å²) in [5, 5.41) is 3.67. The lowest BCUT2D eigenvalue weighted by atomic mass is 9.91. The molecule has 0 amide bonds. The molecule has 3 unspecified atom stereocenters. The summed E-state index contributed by atoms with van der Waals surface area (Å²) in [6.07, 6.45) is 2.71. The lowest BCUT2D eigenvalue weighted by Gasteiger charge is -2.24. The first-order valence-corrected chi connectivity index (χ1v) is 7.60. The highest BCUT2D eigenvalue weighted by molar-refractivity contribution is 9.10. The first-order chi connectivity index (χ1) is 8.70. The highest BCUT2D eigenvalue weighted by Gasteiger charge is 2.30. The van der Waals surface area contributed by atoms with Crippen LogP contribution in [0.15, 0.2) is 28.7 Å². The Kier molecular flexibility index (Phi) is 5.22. The molecule has 0 saturated carbocycles. The summed E-state index contributed by atoms with van der Waals surface area (Å²) in [6, 6.07) is 9.08. The zero-order chi connectivity index (χ0) is 13.0. The van der Waals surface area contributed by atoms with Crippen molar-refractivity contribution < 1.29 is 4.74 Å². The van der Waals surface area contributed by atoms with E-state index in [1.165, 1.54) is 5.56 Å². The first-order valence-electron chi connectivity index (χ1n) is 6.81. The van der Waals surface area contributed by atoms with Gasteiger partial charge >= 0.3 is 0 Å². The Hall–Kier alpha value is -0.380. The smallest absolute Gasteiger partial charge is 0.0551 e. The number of benzene rings is 1. The lowest BCUT2D eigenvalue weighted by Crippen LogP contribution is -2.29. The summed E-state index contributed by atoms with van der Waals surface area (Å²) < 4.78 is 6.86. The van der Waals surface area contributed by atoms with E-state index in [1.54, 1.807) is 0 Å². The van der Waals surface area contributed by atoms with Gasteiger partial charge in [0.1, 0.15) is 0 Å². The molecule has 0 bridgehead atoms. The molecular weight excluding hydrogens is 290 g/mol. The average molecular weight is 312 g/mol. The minimum Gasteiger partial charge on any atom is -0.378 e. The fourth-order valence-electron chi connectivity index (χ4n) is 2.61. The quantitative estimate of drug-likeness (QED) is 0.890. The van der Waals surface area contributed by atoms with Gasteiger partial charge < -0.3 is 10.1 Å². The standard InChI is InChI=1S/C15H22BrNO/c1-3-8-17-15(13-9-11(2)18-10-13)12-4-6-14(16)7-5-12/h4-7,11,13,15,17H,3,8-10H2,1-2H3. The van der Waals surface area contributed by atoms with Gasteiger partial charge in [-0.25, -0.2) is 0 Å². The molecule has 1 N–H and O–H groups in total. The normalized spacial score (nSPS) is 25.3. The maximum Gasteiger partial charge on any atom is 0.0551 e. The lowest BCUT2D eigenvalue weighted by molar-refractivity contribution is 0.117. The molecule has 1 fully saturated rings. The van der Waals surface area contributed by atoms with Crippen LogP contribution in [0.5, 0.6) is 0 Å². The van der Waals surface area contributed by atoms with Crippen molar-refractivity contribution in [3.8, 4) is 0 Å². The summed E-state index contributed by atoms with van der Waals surface area (Å²) in [7, 11) is 0. The molecule has 0 aliphatic carbocycles. The van der Waals surface area contributed by atoms with Crippen LogP contribution in [0.3, 0.4) is 0 Å². The maximum atomic E-state index is 5.72. The molecule has 0 radical (unpaired) electrons. The third kappa shape index (κ3) is 3.56. The third-order valence-electron chi connectivity index (χ3n) is 3.54. The van der Waals surface area contributed by atoms with Gasteiger partial charge in [0, 0.05) is 16.4 Å². The molecule has 1 aromatic rings. The molecule has 1 aliphatic heterocycles. The maximum absolute atomic E-state index is 5.72. The second-order valence-corrected chi connectivity index (χ2v) is 6.04. The van der Waals surface area contributed by atoms with E-state index in [9.17, 15) is 0 Å². The Balaban J connectivity index is 2.11. The SMILES string of the molecule is CCCNC(c1ccc(Br)cc1)C1COC(C)C1. The summed E-state index contributed by atoms with van der Waals surface area (Å²) in [5.41, 5.74) is 1.37. The van der Waals surface area contributed by atoms with E-state index >= 15 is 0 Å². The Morgan fingerprint density at radius 2 is 2.11 bits per heavy atom. The van der Waals surface area contributed by atoms with Crippen molar-refractivity contribution in [3.05, 3.63) is 34.3 Å². The number of hydrogen-bond donors (Lipinski definition) is 1. The van der Waals surface area contributed by atoms with Gasteiger partial charge in [-0.15, -0.1) is 0 Å². The van der Waals surface area contributed by atoms with Gasteiger partial charge in [-0.05, 0) is 44.0 Å². The van der Waals surface area contributed by atoms with Gasteiger partial charge in [0.25, 0.3) is 0 Å². The van der Waals surface area contributed by atoms with Gasteiger partial charge in [-0.2, -0.15) is 0 Å². The van der Waals surface area contributed by atoms with Crippen molar-refractivity contribution in [3.63, 3.8) is 0 Å². The predicted octanol–water partition coefficient (Wildman–Crippen LogP) is 3.91. The zero-order valence-corrected chi connectivity index (χ0v) is 12.7. The van der Waals surface area contributed by atoms with Crippen LogP contribution in [0.2, 0.25) is 0 Å². The minimum atomic E-state index is 0.399. The summed E-state index contributed by atoms with van der Waals surface area (Å²) in [5.74, 6) is 0.590. The van der Waals surface area contributed by atoms with Crippen LogP contribution in [0.1, 0.15) is 38.3 Å². The van der Waals surface area contributed by atoms with Crippen molar-refractivity contribution in [1.29, 1.82) is 0 Å². The van der Waals surface area contributed by atoms with Gasteiger partial charge in [-0.1, -0.05) is 35.0 Å². The first kappa shape index (κ1) is 14.0. The van der Waals surface area contributed by atoms with Crippen LogP contribution in [-0.2, 0) is 4.74 Å². The molecule has 0 spiro atoms. The second kappa shape index (κ2) is 6.69. The van der Waals surface area contributed by atoms with Crippen molar-refractivity contribution in [1.82, 2.24) is 5.32 Å². The summed E-state index contributed by atoms with van der Waals surface area (Å²) in [6.45, 7) is 6.31. The Morgan fingerprint density at radius 1 is 1.39 bits per heavy atom. The third-order valence-corrected chi connectivity index (χ3v) is 4.07. The molecule has 1 heterocycles. The van der Waals surface area contributed by atoms with Crippen molar-refractivity contribution >= 4 is 15.9 Å². The van der Waals surface area contributed by atoms with Crippen LogP contribution >= 0.6 is 15.9 Å². The highest BCUT2D eigenvalue weighted by atomic mass is 79.9. The van der Waals surface area contributed by atoms with Crippen molar-refractivity contribution in [2.45, 2.75) is 38.8 Å². The van der Waals surface area contributed by atoms with Crippen LogP contribution < -0.4 is 5.32 Å². The largest absolute Gasteiger partial charge is 0.378 e. The van der Waals surface area contributed by atoms with Gasteiger partial charge in [0.15, 0.2) is 0 Å². The zero-order valence-electron chi connectivity index (χ0n) is 11.2. The minimum absolute atomic E-state index is 0.399. The molecule has 2 rings (SSSR count). The number of nitrogens with one attached hydrogen (secondary N) is 1. The summed E-state index contributed by atoms with van der Waals surface area (Å²) in [4.78, 5) is 0. The molecule has 3 heteroatoms. The topological polar surface area (TPSA) is 21.3 Å². The highest BCUT2D eigenvalue weighted by Crippen LogP contribution is 2.32. The van der Waals surface area contributed by atoms with Crippen LogP contribution in [0.4, 0.5) is 0 Å². The average Bonchev–Trinajstić information content (AvgIpc) is 2.78. The van der Waals surface area contributed by atoms with E-state index in [-0.39, 0.29) is 0 Å². The molecule has 3 atom stereocenters. The summed E-state index contributed by atoms with van der Waals surface area (Å²) >= 11 is 3.50. The van der Waals surface area contributed by atoms with Gasteiger partial charge in [-0.3, -0.25) is 0 Å². The molecule has 1 saturated heterocycles. The fourth-order valence-corrected chi connectivity index (χ4v) is 2.87. The number of ether oxygens (including phenoxy) is 1. The fraction of sp³-hybridized carbons (Fsp3) is 0.600. The van der Waals surface area contributed by atoms with Crippen LogP contribution in [0.25, 0.3) is 0 Å². The number of rotatable bonds is 5. The van der Waals surface area contributed by atoms with E-state index < -0.39 is 0 Å². The number of hydrogen-bond acceptors (Lipinski definition) is 2. The van der Waals surface area contributed by atoms with E-state index in [2.05, 4.69) is 59.4 Å². The molecular formula is C15H22BrNO. The number of halogens is 1. The van der Waals surface area contributed by atoms with Crippen molar-refractivity contribution in [2.24, 2.45) is 5.92 Å². The van der Waals surface area contributed by atoms with Gasteiger partial charge in [0.2, 0.25) is 0 Å². The molecule has 18 heavy (non-hydrogen) atoms. The monoisotopic (exact) mass is 311 g/mol. The Labute approximate surface area is 118 Å². The van der Waals surface area contributed by atoms with Crippen LogP contribution in [0, 0.1) is 5.92 Å². The Bertz CT molecular complexity index is 365. The van der Waals surface area contributed by atoms with Crippen LogP contribution in [-0.4, -0.2) is 19.3 Å². The van der Waals surface area contributed by atoms with E-state index in [0.717, 1.165) is 30.5 Å². The molecule has 1 aromatic carbocycles. The molecule has 0 aromatic heterocycles. The van der Waals surface area contributed by atoms with Gasteiger partial charge in [0.05, 0.1) is 12.7 Å². The molecule has 2 nitrogen and oxygen atoms in total. The van der Waals surface area contributed by atoms with E-state index in [4.69, 9.17) is 4.74 Å². The van der Waals surface area contributed by atoms with E-state index in [1.807, 2.05) is 0 Å². The van der Waals surface area contributed by atoms with E-state index in [0.29, 0.717) is 18.1 Å². The predicted molar refractivity (Wildman–Crippen MR) is 78.7 cm³/mol.